The molecule has 0 aromatic heterocycles. The largest absolute Gasteiger partial charge is 0.391 e. The van der Waals surface area contributed by atoms with Gasteiger partial charge in [0.05, 0.1) is 12.6 Å². The summed E-state index contributed by atoms with van der Waals surface area (Å²) < 4.78 is 0. The van der Waals surface area contributed by atoms with Crippen molar-refractivity contribution in [3.63, 3.8) is 0 Å². The highest BCUT2D eigenvalue weighted by Crippen LogP contribution is 1.95. The predicted octanol–water partition coefficient (Wildman–Crippen LogP) is -0.171. The first-order chi connectivity index (χ1) is 7.38. The molecule has 1 amide bonds. The van der Waals surface area contributed by atoms with Gasteiger partial charge < -0.3 is 15.7 Å². The van der Waals surface area contributed by atoms with Crippen LogP contribution in [-0.4, -0.2) is 41.5 Å². The predicted molar refractivity (Wildman–Crippen MR) is 62.0 cm³/mol. The number of aliphatic hydroxyl groups excluding tert-OH is 1. The minimum Gasteiger partial charge on any atom is -0.391 e. The first-order valence-electron chi connectivity index (χ1n) is 5.62. The first kappa shape index (κ1) is 15.1. The van der Waals surface area contributed by atoms with E-state index in [-0.39, 0.29) is 24.3 Å². The fourth-order valence-electron chi connectivity index (χ4n) is 1.21. The van der Waals surface area contributed by atoms with E-state index in [1.807, 2.05) is 13.8 Å². The van der Waals surface area contributed by atoms with E-state index in [1.165, 1.54) is 0 Å². The zero-order chi connectivity index (χ0) is 12.7. The van der Waals surface area contributed by atoms with Crippen molar-refractivity contribution in [1.82, 2.24) is 10.6 Å². The number of hydrogen-bond acceptors (Lipinski definition) is 4. The van der Waals surface area contributed by atoms with Gasteiger partial charge in [-0.05, 0) is 6.92 Å². The molecule has 2 atom stereocenters. The Kier molecular flexibility index (Phi) is 6.92. The molecule has 0 heterocycles. The van der Waals surface area contributed by atoms with E-state index in [0.29, 0.717) is 6.42 Å². The zero-order valence-corrected chi connectivity index (χ0v) is 10.4. The maximum Gasteiger partial charge on any atom is 0.240 e. The van der Waals surface area contributed by atoms with Crippen LogP contribution in [0.4, 0.5) is 0 Å². The fourth-order valence-corrected chi connectivity index (χ4v) is 1.21. The van der Waals surface area contributed by atoms with Crippen LogP contribution >= 0.6 is 0 Å². The summed E-state index contributed by atoms with van der Waals surface area (Å²) in [6.45, 7) is 7.09. The second-order valence-electron chi connectivity index (χ2n) is 4.15. The Morgan fingerprint density at radius 1 is 1.25 bits per heavy atom. The Labute approximate surface area is 96.6 Å². The van der Waals surface area contributed by atoms with E-state index in [1.54, 1.807) is 13.8 Å². The molecule has 5 heteroatoms. The van der Waals surface area contributed by atoms with E-state index in [2.05, 4.69) is 10.6 Å². The normalized spacial score (nSPS) is 14.6. The minimum absolute atomic E-state index is 0.0257. The number of amides is 1. The van der Waals surface area contributed by atoms with Crippen molar-refractivity contribution in [3.05, 3.63) is 0 Å². The van der Waals surface area contributed by atoms with Crippen LogP contribution in [0.3, 0.4) is 0 Å². The molecule has 0 aliphatic heterocycles. The Bertz CT molecular complexity index is 239. The van der Waals surface area contributed by atoms with Crippen LogP contribution in [0.25, 0.3) is 0 Å². The van der Waals surface area contributed by atoms with Gasteiger partial charge in [-0.2, -0.15) is 0 Å². The Morgan fingerprint density at radius 3 is 2.19 bits per heavy atom. The quantitative estimate of drug-likeness (QED) is 0.567. The molecule has 0 aliphatic carbocycles. The molecule has 0 radical (unpaired) electrons. The van der Waals surface area contributed by atoms with Gasteiger partial charge in [-0.25, -0.2) is 0 Å². The van der Waals surface area contributed by atoms with Gasteiger partial charge in [0.25, 0.3) is 0 Å². The summed E-state index contributed by atoms with van der Waals surface area (Å²) in [5.74, 6) is -0.368. The van der Waals surface area contributed by atoms with Crippen LogP contribution in [0, 0.1) is 0 Å². The molecule has 0 bridgehead atoms. The maximum atomic E-state index is 11.7. The second-order valence-corrected chi connectivity index (χ2v) is 4.15. The number of hydrogen-bond donors (Lipinski definition) is 3. The lowest BCUT2D eigenvalue weighted by molar-refractivity contribution is -0.128. The number of ketones is 1. The van der Waals surface area contributed by atoms with Gasteiger partial charge in [-0.15, -0.1) is 0 Å². The number of Topliss-reactive ketones (excluding diaryl/α,β-unsaturated/α-hetero) is 1. The summed E-state index contributed by atoms with van der Waals surface area (Å²) in [6, 6.07) is -0.586. The van der Waals surface area contributed by atoms with Crippen LogP contribution in [0.15, 0.2) is 0 Å². The summed E-state index contributed by atoms with van der Waals surface area (Å²) >= 11 is 0. The number of carbonyl (C=O) groups is 2. The first-order valence-corrected chi connectivity index (χ1v) is 5.62. The standard InChI is InChI=1S/C11H22N2O3/c1-5-9(15)6-12-11(16)10(8(4)14)13-7(2)3/h7-8,10,13-14H,5-6H2,1-4H3,(H,12,16)/t8?,10-/m0/s1. The van der Waals surface area contributed by atoms with Crippen molar-refractivity contribution >= 4 is 11.7 Å². The summed E-state index contributed by atoms with van der Waals surface area (Å²) in [5.41, 5.74) is 0. The molecule has 0 aromatic rings. The molecule has 0 rings (SSSR count). The lowest BCUT2D eigenvalue weighted by atomic mass is 10.1. The molecule has 16 heavy (non-hydrogen) atoms. The van der Waals surface area contributed by atoms with E-state index in [4.69, 9.17) is 0 Å². The minimum atomic E-state index is -0.792. The lowest BCUT2D eigenvalue weighted by Crippen LogP contribution is -2.53. The van der Waals surface area contributed by atoms with Gasteiger partial charge >= 0.3 is 0 Å². The molecule has 94 valence electrons. The number of carbonyl (C=O) groups excluding carboxylic acids is 2. The summed E-state index contributed by atoms with van der Waals surface area (Å²) in [4.78, 5) is 22.7. The average molecular weight is 230 g/mol. The van der Waals surface area contributed by atoms with Gasteiger partial charge in [0.1, 0.15) is 6.04 Å². The van der Waals surface area contributed by atoms with Crippen LogP contribution in [0.5, 0.6) is 0 Å². The number of nitrogens with one attached hydrogen (secondary N) is 2. The molecule has 0 aromatic carbocycles. The van der Waals surface area contributed by atoms with Gasteiger partial charge in [-0.3, -0.25) is 9.59 Å². The molecule has 0 spiro atoms. The number of rotatable bonds is 7. The van der Waals surface area contributed by atoms with Crippen molar-refractivity contribution in [1.29, 1.82) is 0 Å². The second kappa shape index (κ2) is 7.35. The van der Waals surface area contributed by atoms with Crippen molar-refractivity contribution in [2.45, 2.75) is 52.3 Å². The van der Waals surface area contributed by atoms with Gasteiger partial charge in [-0.1, -0.05) is 20.8 Å². The van der Waals surface area contributed by atoms with Crippen molar-refractivity contribution in [3.8, 4) is 0 Å². The van der Waals surface area contributed by atoms with E-state index >= 15 is 0 Å². The Hall–Kier alpha value is -0.940. The van der Waals surface area contributed by atoms with Crippen LogP contribution in [0.2, 0.25) is 0 Å². The molecular weight excluding hydrogens is 208 g/mol. The van der Waals surface area contributed by atoms with E-state index < -0.39 is 12.1 Å². The Balaban J connectivity index is 4.22. The molecule has 0 fully saturated rings. The smallest absolute Gasteiger partial charge is 0.240 e. The third-order valence-electron chi connectivity index (χ3n) is 2.13. The van der Waals surface area contributed by atoms with Gasteiger partial charge in [0, 0.05) is 12.5 Å². The SMILES string of the molecule is CCC(=O)CNC(=O)[C@@H](NC(C)C)C(C)O. The van der Waals surface area contributed by atoms with Crippen LogP contribution in [0.1, 0.15) is 34.1 Å². The summed E-state index contributed by atoms with van der Waals surface area (Å²) in [5, 5.41) is 14.9. The third-order valence-corrected chi connectivity index (χ3v) is 2.13. The molecule has 3 N–H and O–H groups in total. The molecule has 1 unspecified atom stereocenters. The molecule has 0 saturated heterocycles. The van der Waals surface area contributed by atoms with Crippen molar-refractivity contribution in [2.24, 2.45) is 0 Å². The Morgan fingerprint density at radius 2 is 1.81 bits per heavy atom. The zero-order valence-electron chi connectivity index (χ0n) is 10.4. The third kappa shape index (κ3) is 5.82. The summed E-state index contributed by atoms with van der Waals surface area (Å²) in [6.07, 6.45) is -0.392. The van der Waals surface area contributed by atoms with Crippen LogP contribution < -0.4 is 10.6 Å². The van der Waals surface area contributed by atoms with E-state index in [0.717, 1.165) is 0 Å². The highest BCUT2D eigenvalue weighted by atomic mass is 16.3. The molecular formula is C11H22N2O3. The fraction of sp³-hybridized carbons (Fsp3) is 0.818. The van der Waals surface area contributed by atoms with Gasteiger partial charge in [0.15, 0.2) is 5.78 Å². The topological polar surface area (TPSA) is 78.4 Å². The molecule has 5 nitrogen and oxygen atoms in total. The van der Waals surface area contributed by atoms with Gasteiger partial charge in [0.2, 0.25) is 5.91 Å². The van der Waals surface area contributed by atoms with Crippen molar-refractivity contribution < 1.29 is 14.7 Å². The number of aliphatic hydroxyl groups is 1. The molecule has 0 aliphatic rings. The average Bonchev–Trinajstić information content (AvgIpc) is 2.21. The van der Waals surface area contributed by atoms with Crippen molar-refractivity contribution in [2.75, 3.05) is 6.54 Å². The monoisotopic (exact) mass is 230 g/mol. The van der Waals surface area contributed by atoms with Crippen LogP contribution in [-0.2, 0) is 9.59 Å². The highest BCUT2D eigenvalue weighted by molar-refractivity contribution is 5.88. The maximum absolute atomic E-state index is 11.7. The molecule has 0 saturated carbocycles. The lowest BCUT2D eigenvalue weighted by Gasteiger charge is -2.22. The summed E-state index contributed by atoms with van der Waals surface area (Å²) in [7, 11) is 0. The van der Waals surface area contributed by atoms with E-state index in [9.17, 15) is 14.7 Å². The highest BCUT2D eigenvalue weighted by Gasteiger charge is 2.23.